The van der Waals surface area contributed by atoms with Gasteiger partial charge in [-0.05, 0) is 13.5 Å². The quantitative estimate of drug-likeness (QED) is 0.558. The van der Waals surface area contributed by atoms with Crippen LogP contribution in [-0.2, 0) is 9.53 Å². The zero-order valence-corrected chi connectivity index (χ0v) is 9.25. The summed E-state index contributed by atoms with van der Waals surface area (Å²) in [6.07, 6.45) is 0.569. The predicted molar refractivity (Wildman–Crippen MR) is 56.0 cm³/mol. The van der Waals surface area contributed by atoms with Crippen LogP contribution in [0.4, 0.5) is 0 Å². The number of hydrogen-bond donors (Lipinski definition) is 2. The van der Waals surface area contributed by atoms with Crippen LogP contribution in [0.5, 0.6) is 0 Å². The number of nitrogens with one attached hydrogen (secondary N) is 1. The number of hydrogen-bond acceptors (Lipinski definition) is 4. The topological polar surface area (TPSA) is 67.6 Å². The molecule has 0 spiro atoms. The Labute approximate surface area is 85.6 Å². The molecule has 14 heavy (non-hydrogen) atoms. The summed E-state index contributed by atoms with van der Waals surface area (Å²) in [4.78, 5) is 13.2. The van der Waals surface area contributed by atoms with Crippen molar-refractivity contribution in [1.82, 2.24) is 10.2 Å². The Morgan fingerprint density at radius 2 is 2.29 bits per heavy atom. The van der Waals surface area contributed by atoms with Gasteiger partial charge >= 0.3 is 0 Å². The van der Waals surface area contributed by atoms with Gasteiger partial charge in [0.1, 0.15) is 0 Å². The molecule has 0 aliphatic heterocycles. The van der Waals surface area contributed by atoms with Crippen LogP contribution in [0.3, 0.4) is 0 Å². The van der Waals surface area contributed by atoms with E-state index in [0.717, 1.165) is 6.54 Å². The molecule has 5 heteroatoms. The van der Waals surface area contributed by atoms with Crippen molar-refractivity contribution < 1.29 is 9.53 Å². The molecule has 3 N–H and O–H groups in total. The van der Waals surface area contributed by atoms with Crippen molar-refractivity contribution in [2.45, 2.75) is 12.5 Å². The molecule has 0 aromatic heterocycles. The highest BCUT2D eigenvalue weighted by Gasteiger charge is 2.16. The van der Waals surface area contributed by atoms with Crippen molar-refractivity contribution in [3.05, 3.63) is 0 Å². The Morgan fingerprint density at radius 1 is 1.64 bits per heavy atom. The van der Waals surface area contributed by atoms with E-state index in [1.807, 2.05) is 7.05 Å². The summed E-state index contributed by atoms with van der Waals surface area (Å²) >= 11 is 0. The lowest BCUT2D eigenvalue weighted by atomic mass is 10.2. The first-order valence-electron chi connectivity index (χ1n) is 4.77. The van der Waals surface area contributed by atoms with Gasteiger partial charge in [0.2, 0.25) is 5.91 Å². The molecule has 0 bridgehead atoms. The lowest BCUT2D eigenvalue weighted by Crippen LogP contribution is -2.44. The Kier molecular flexibility index (Phi) is 7.37. The van der Waals surface area contributed by atoms with Gasteiger partial charge in [0.15, 0.2) is 0 Å². The Hall–Kier alpha value is -0.650. The molecule has 0 aromatic rings. The molecule has 5 nitrogen and oxygen atoms in total. The molecular weight excluding hydrogens is 182 g/mol. The molecule has 0 aromatic carbocycles. The van der Waals surface area contributed by atoms with Crippen molar-refractivity contribution in [1.29, 1.82) is 0 Å². The average Bonchev–Trinajstić information content (AvgIpc) is 2.21. The van der Waals surface area contributed by atoms with Crippen molar-refractivity contribution in [3.63, 3.8) is 0 Å². The minimum Gasteiger partial charge on any atom is -0.385 e. The van der Waals surface area contributed by atoms with E-state index >= 15 is 0 Å². The van der Waals surface area contributed by atoms with E-state index in [1.54, 1.807) is 19.1 Å². The van der Waals surface area contributed by atoms with Crippen molar-refractivity contribution >= 4 is 5.91 Å². The fourth-order valence-electron chi connectivity index (χ4n) is 1.04. The first-order chi connectivity index (χ1) is 6.63. The van der Waals surface area contributed by atoms with Crippen LogP contribution in [-0.4, -0.2) is 57.8 Å². The normalized spacial score (nSPS) is 12.6. The summed E-state index contributed by atoms with van der Waals surface area (Å²) in [5, 5.41) is 2.98. The SMILES string of the molecule is CNCCN(C)C(=O)C(N)CCOC. The van der Waals surface area contributed by atoms with E-state index in [4.69, 9.17) is 10.5 Å². The molecule has 0 aliphatic rings. The fourth-order valence-corrected chi connectivity index (χ4v) is 1.04. The third-order valence-electron chi connectivity index (χ3n) is 2.02. The molecule has 0 fully saturated rings. The van der Waals surface area contributed by atoms with Gasteiger partial charge < -0.3 is 20.7 Å². The Balaban J connectivity index is 3.78. The number of ether oxygens (including phenoxy) is 1. The summed E-state index contributed by atoms with van der Waals surface area (Å²) in [5.41, 5.74) is 5.68. The molecule has 0 radical (unpaired) electrons. The number of nitrogens with zero attached hydrogens (tertiary/aromatic N) is 1. The molecular formula is C9H21N3O2. The Morgan fingerprint density at radius 3 is 2.79 bits per heavy atom. The monoisotopic (exact) mass is 203 g/mol. The molecule has 1 unspecified atom stereocenters. The minimum atomic E-state index is -0.447. The number of likely N-dealkylation sites (N-methyl/N-ethyl adjacent to an activating group) is 2. The lowest BCUT2D eigenvalue weighted by Gasteiger charge is -2.20. The summed E-state index contributed by atoms with van der Waals surface area (Å²) in [6.45, 7) is 1.97. The number of nitrogens with two attached hydrogens (primary N) is 1. The second-order valence-electron chi connectivity index (χ2n) is 3.25. The first-order valence-corrected chi connectivity index (χ1v) is 4.77. The van der Waals surface area contributed by atoms with Crippen LogP contribution in [0.25, 0.3) is 0 Å². The largest absolute Gasteiger partial charge is 0.385 e. The molecule has 0 saturated heterocycles. The van der Waals surface area contributed by atoms with Crippen LogP contribution in [0.15, 0.2) is 0 Å². The number of carbonyl (C=O) groups excluding carboxylic acids is 1. The molecule has 0 heterocycles. The van der Waals surface area contributed by atoms with Gasteiger partial charge in [0.25, 0.3) is 0 Å². The van der Waals surface area contributed by atoms with Gasteiger partial charge in [-0.25, -0.2) is 0 Å². The van der Waals surface area contributed by atoms with Gasteiger partial charge in [-0.15, -0.1) is 0 Å². The maximum absolute atomic E-state index is 11.6. The molecule has 84 valence electrons. The van der Waals surface area contributed by atoms with Gasteiger partial charge in [-0.2, -0.15) is 0 Å². The molecule has 0 rings (SSSR count). The van der Waals surface area contributed by atoms with Gasteiger partial charge in [-0.3, -0.25) is 4.79 Å². The van der Waals surface area contributed by atoms with Crippen molar-refractivity contribution in [2.75, 3.05) is 40.9 Å². The van der Waals surface area contributed by atoms with Gasteiger partial charge in [0, 0.05) is 33.9 Å². The van der Waals surface area contributed by atoms with E-state index in [0.29, 0.717) is 19.6 Å². The highest BCUT2D eigenvalue weighted by Crippen LogP contribution is 1.94. The Bertz CT molecular complexity index is 148. The first kappa shape index (κ1) is 13.4. The van der Waals surface area contributed by atoms with Crippen LogP contribution in [0, 0.1) is 0 Å². The second kappa shape index (κ2) is 7.73. The van der Waals surface area contributed by atoms with Crippen molar-refractivity contribution in [3.8, 4) is 0 Å². The van der Waals surface area contributed by atoms with E-state index in [9.17, 15) is 4.79 Å². The molecule has 0 saturated carbocycles. The molecule has 1 amide bonds. The van der Waals surface area contributed by atoms with E-state index in [2.05, 4.69) is 5.32 Å². The fraction of sp³-hybridized carbons (Fsp3) is 0.889. The van der Waals surface area contributed by atoms with Gasteiger partial charge in [-0.1, -0.05) is 0 Å². The summed E-state index contributed by atoms with van der Waals surface area (Å²) < 4.78 is 4.86. The zero-order chi connectivity index (χ0) is 11.0. The number of carbonyl (C=O) groups is 1. The average molecular weight is 203 g/mol. The maximum atomic E-state index is 11.6. The zero-order valence-electron chi connectivity index (χ0n) is 9.25. The highest BCUT2D eigenvalue weighted by molar-refractivity contribution is 5.81. The summed E-state index contributed by atoms with van der Waals surface area (Å²) in [7, 11) is 5.21. The second-order valence-corrected chi connectivity index (χ2v) is 3.25. The number of amides is 1. The van der Waals surface area contributed by atoms with Crippen LogP contribution in [0.2, 0.25) is 0 Å². The van der Waals surface area contributed by atoms with Crippen molar-refractivity contribution in [2.24, 2.45) is 5.73 Å². The minimum absolute atomic E-state index is 0.0303. The third kappa shape index (κ3) is 5.16. The van der Waals surface area contributed by atoms with Crippen LogP contribution >= 0.6 is 0 Å². The summed E-state index contributed by atoms with van der Waals surface area (Å²) in [6, 6.07) is -0.447. The summed E-state index contributed by atoms with van der Waals surface area (Å²) in [5.74, 6) is -0.0303. The van der Waals surface area contributed by atoms with E-state index in [-0.39, 0.29) is 5.91 Å². The lowest BCUT2D eigenvalue weighted by molar-refractivity contribution is -0.131. The van der Waals surface area contributed by atoms with Gasteiger partial charge in [0.05, 0.1) is 6.04 Å². The van der Waals surface area contributed by atoms with Crippen LogP contribution in [0.1, 0.15) is 6.42 Å². The standard InChI is InChI=1S/C9H21N3O2/c1-11-5-6-12(2)9(13)8(10)4-7-14-3/h8,11H,4-7,10H2,1-3H3. The highest BCUT2D eigenvalue weighted by atomic mass is 16.5. The van der Waals surface area contributed by atoms with Crippen LogP contribution < -0.4 is 11.1 Å². The van der Waals surface area contributed by atoms with E-state index < -0.39 is 6.04 Å². The predicted octanol–water partition coefficient (Wildman–Crippen LogP) is -0.972. The molecule has 0 aliphatic carbocycles. The smallest absolute Gasteiger partial charge is 0.239 e. The number of rotatable bonds is 7. The molecule has 1 atom stereocenters. The number of methoxy groups -OCH3 is 1. The maximum Gasteiger partial charge on any atom is 0.239 e. The van der Waals surface area contributed by atoms with E-state index in [1.165, 1.54) is 0 Å². The third-order valence-corrected chi connectivity index (χ3v) is 2.02.